The lowest BCUT2D eigenvalue weighted by molar-refractivity contribution is 0.645. The molecule has 0 amide bonds. The van der Waals surface area contributed by atoms with Crippen molar-refractivity contribution in [3.63, 3.8) is 0 Å². The first-order chi connectivity index (χ1) is 12.0. The van der Waals surface area contributed by atoms with Crippen molar-refractivity contribution in [2.75, 3.05) is 5.75 Å². The van der Waals surface area contributed by atoms with Crippen molar-refractivity contribution >= 4 is 22.9 Å². The van der Waals surface area contributed by atoms with Crippen molar-refractivity contribution in [1.82, 2.24) is 18.7 Å². The third-order valence-corrected chi connectivity index (χ3v) is 5.08. The van der Waals surface area contributed by atoms with Gasteiger partial charge < -0.3 is 4.57 Å². The standard InChI is InChI=1S/C18H20N4O2S/c1-4-12-25-17-19-15-14(16(23)21(3)18(24)20(15)2)22(17)11-10-13-8-6-5-7-9-13/h4-9H,1,10-12H2,2-3H3. The van der Waals surface area contributed by atoms with Crippen LogP contribution in [0.15, 0.2) is 57.7 Å². The van der Waals surface area contributed by atoms with Crippen LogP contribution in [0.5, 0.6) is 0 Å². The van der Waals surface area contributed by atoms with Gasteiger partial charge in [-0.1, -0.05) is 48.2 Å². The van der Waals surface area contributed by atoms with E-state index in [1.807, 2.05) is 22.8 Å². The van der Waals surface area contributed by atoms with Crippen molar-refractivity contribution in [2.24, 2.45) is 14.1 Å². The fourth-order valence-corrected chi connectivity index (χ4v) is 3.52. The number of fused-ring (bicyclic) bond motifs is 1. The number of hydrogen-bond donors (Lipinski definition) is 0. The highest BCUT2D eigenvalue weighted by Crippen LogP contribution is 2.22. The summed E-state index contributed by atoms with van der Waals surface area (Å²) in [6, 6.07) is 10.1. The molecule has 0 fully saturated rings. The minimum absolute atomic E-state index is 0.316. The lowest BCUT2D eigenvalue weighted by atomic mass is 10.1. The lowest BCUT2D eigenvalue weighted by Gasteiger charge is -2.09. The summed E-state index contributed by atoms with van der Waals surface area (Å²) < 4.78 is 4.47. The van der Waals surface area contributed by atoms with Gasteiger partial charge in [0.05, 0.1) is 0 Å². The van der Waals surface area contributed by atoms with Gasteiger partial charge in [-0.25, -0.2) is 9.78 Å². The number of aromatic nitrogens is 4. The molecule has 0 saturated carbocycles. The Morgan fingerprint density at radius 2 is 1.88 bits per heavy atom. The molecule has 6 nitrogen and oxygen atoms in total. The van der Waals surface area contributed by atoms with E-state index in [-0.39, 0.29) is 11.2 Å². The van der Waals surface area contributed by atoms with Crippen LogP contribution in [0, 0.1) is 0 Å². The summed E-state index contributed by atoms with van der Waals surface area (Å²) >= 11 is 1.51. The molecule has 0 saturated heterocycles. The Bertz CT molecular complexity index is 1030. The number of imidazole rings is 1. The predicted molar refractivity (Wildman–Crippen MR) is 101 cm³/mol. The van der Waals surface area contributed by atoms with Crippen LogP contribution >= 0.6 is 11.8 Å². The topological polar surface area (TPSA) is 61.8 Å². The van der Waals surface area contributed by atoms with E-state index in [1.165, 1.54) is 28.9 Å². The number of hydrogen-bond acceptors (Lipinski definition) is 4. The van der Waals surface area contributed by atoms with Gasteiger partial charge in [-0.3, -0.25) is 13.9 Å². The van der Waals surface area contributed by atoms with Gasteiger partial charge in [0, 0.05) is 26.4 Å². The molecule has 0 spiro atoms. The zero-order valence-electron chi connectivity index (χ0n) is 14.3. The van der Waals surface area contributed by atoms with Crippen molar-refractivity contribution in [1.29, 1.82) is 0 Å². The third-order valence-electron chi connectivity index (χ3n) is 4.11. The molecule has 0 unspecified atom stereocenters. The SMILES string of the molecule is C=CCSc1nc2c(c(=O)n(C)c(=O)n2C)n1CCc1ccccc1. The van der Waals surface area contributed by atoms with Gasteiger partial charge in [0.25, 0.3) is 5.56 Å². The second-order valence-corrected chi connectivity index (χ2v) is 6.75. The minimum atomic E-state index is -0.370. The van der Waals surface area contributed by atoms with Crippen LogP contribution in [-0.2, 0) is 27.1 Å². The molecule has 0 atom stereocenters. The maximum Gasteiger partial charge on any atom is 0.332 e. The first kappa shape index (κ1) is 17.3. The smallest absolute Gasteiger partial charge is 0.313 e. The number of nitrogens with zero attached hydrogens (tertiary/aromatic N) is 4. The van der Waals surface area contributed by atoms with E-state index in [4.69, 9.17) is 0 Å². The van der Waals surface area contributed by atoms with Crippen molar-refractivity contribution in [3.8, 4) is 0 Å². The second kappa shape index (κ2) is 7.14. The van der Waals surface area contributed by atoms with Crippen LogP contribution in [-0.4, -0.2) is 24.4 Å². The van der Waals surface area contributed by atoms with E-state index in [0.29, 0.717) is 23.5 Å². The molecule has 1 aromatic carbocycles. The molecule has 0 radical (unpaired) electrons. The molecule has 25 heavy (non-hydrogen) atoms. The fourth-order valence-electron chi connectivity index (χ4n) is 2.76. The van der Waals surface area contributed by atoms with Crippen LogP contribution in [0.25, 0.3) is 11.2 Å². The molecule has 0 aliphatic heterocycles. The molecule has 3 aromatic rings. The van der Waals surface area contributed by atoms with Crippen molar-refractivity contribution < 1.29 is 0 Å². The highest BCUT2D eigenvalue weighted by atomic mass is 32.2. The normalized spacial score (nSPS) is 11.1. The monoisotopic (exact) mass is 356 g/mol. The summed E-state index contributed by atoms with van der Waals surface area (Å²) in [6.45, 7) is 4.36. The summed E-state index contributed by atoms with van der Waals surface area (Å²) in [6.07, 6.45) is 2.57. The Kier molecular flexibility index (Phi) is 4.94. The number of thioether (sulfide) groups is 1. The Labute approximate surface area is 149 Å². The zero-order chi connectivity index (χ0) is 18.0. The molecular weight excluding hydrogens is 336 g/mol. The summed E-state index contributed by atoms with van der Waals surface area (Å²) in [7, 11) is 3.13. The summed E-state index contributed by atoms with van der Waals surface area (Å²) in [4.78, 5) is 29.4. The van der Waals surface area contributed by atoms with Crippen LogP contribution in [0.1, 0.15) is 5.56 Å². The van der Waals surface area contributed by atoms with Gasteiger partial charge in [0.15, 0.2) is 16.3 Å². The van der Waals surface area contributed by atoms with Gasteiger partial charge in [-0.2, -0.15) is 0 Å². The van der Waals surface area contributed by atoms with E-state index >= 15 is 0 Å². The van der Waals surface area contributed by atoms with E-state index in [1.54, 1.807) is 13.1 Å². The van der Waals surface area contributed by atoms with Crippen LogP contribution < -0.4 is 11.2 Å². The third kappa shape index (κ3) is 3.19. The number of rotatable bonds is 6. The van der Waals surface area contributed by atoms with Crippen LogP contribution in [0.4, 0.5) is 0 Å². The van der Waals surface area contributed by atoms with E-state index in [2.05, 4.69) is 23.7 Å². The van der Waals surface area contributed by atoms with E-state index < -0.39 is 0 Å². The molecular formula is C18H20N4O2S. The van der Waals surface area contributed by atoms with Crippen molar-refractivity contribution in [2.45, 2.75) is 18.1 Å². The maximum atomic E-state index is 12.7. The van der Waals surface area contributed by atoms with Gasteiger partial charge in [-0.15, -0.1) is 6.58 Å². The average Bonchev–Trinajstić information content (AvgIpc) is 3.00. The van der Waals surface area contributed by atoms with Gasteiger partial charge in [0.1, 0.15) is 0 Å². The second-order valence-electron chi connectivity index (χ2n) is 5.76. The molecule has 2 aromatic heterocycles. The lowest BCUT2D eigenvalue weighted by Crippen LogP contribution is -2.37. The van der Waals surface area contributed by atoms with Gasteiger partial charge in [0.2, 0.25) is 0 Å². The largest absolute Gasteiger partial charge is 0.332 e. The van der Waals surface area contributed by atoms with Gasteiger partial charge in [-0.05, 0) is 12.0 Å². The molecule has 0 aliphatic rings. The van der Waals surface area contributed by atoms with Crippen molar-refractivity contribution in [3.05, 3.63) is 69.4 Å². The zero-order valence-corrected chi connectivity index (χ0v) is 15.1. The molecule has 2 heterocycles. The molecule has 130 valence electrons. The maximum absolute atomic E-state index is 12.7. The average molecular weight is 356 g/mol. The predicted octanol–water partition coefficient (Wildman–Crippen LogP) is 1.95. The summed E-state index contributed by atoms with van der Waals surface area (Å²) in [5.74, 6) is 0.683. The number of aryl methyl sites for hydroxylation is 3. The van der Waals surface area contributed by atoms with Gasteiger partial charge >= 0.3 is 5.69 Å². The molecule has 0 N–H and O–H groups in total. The van der Waals surface area contributed by atoms with E-state index in [9.17, 15) is 9.59 Å². The molecule has 0 bridgehead atoms. The Hall–Kier alpha value is -2.54. The minimum Gasteiger partial charge on any atom is -0.313 e. The fraction of sp³-hybridized carbons (Fsp3) is 0.278. The van der Waals surface area contributed by atoms with Crippen LogP contribution in [0.3, 0.4) is 0 Å². The Balaban J connectivity index is 2.14. The summed E-state index contributed by atoms with van der Waals surface area (Å²) in [5, 5.41) is 0.726. The molecule has 0 aliphatic carbocycles. The molecule has 3 rings (SSSR count). The quantitative estimate of drug-likeness (QED) is 0.500. The highest BCUT2D eigenvalue weighted by Gasteiger charge is 2.19. The first-order valence-corrected chi connectivity index (χ1v) is 8.97. The Morgan fingerprint density at radius 3 is 2.56 bits per heavy atom. The first-order valence-electron chi connectivity index (χ1n) is 7.98. The Morgan fingerprint density at radius 1 is 1.16 bits per heavy atom. The highest BCUT2D eigenvalue weighted by molar-refractivity contribution is 7.99. The summed E-state index contributed by atoms with van der Waals surface area (Å²) in [5.41, 5.74) is 1.39. The van der Waals surface area contributed by atoms with Crippen LogP contribution in [0.2, 0.25) is 0 Å². The van der Waals surface area contributed by atoms with E-state index in [0.717, 1.165) is 16.1 Å². The number of benzene rings is 1. The molecule has 7 heteroatoms.